The van der Waals surface area contributed by atoms with Crippen molar-refractivity contribution in [3.05, 3.63) is 65.2 Å². The van der Waals surface area contributed by atoms with E-state index >= 15 is 0 Å². The quantitative estimate of drug-likeness (QED) is 0.738. The van der Waals surface area contributed by atoms with Crippen molar-refractivity contribution in [3.63, 3.8) is 0 Å². The van der Waals surface area contributed by atoms with Gasteiger partial charge in [0.15, 0.2) is 0 Å². The number of nitrogens with one attached hydrogen (secondary N) is 1. The van der Waals surface area contributed by atoms with Crippen LogP contribution in [0.4, 0.5) is 5.69 Å². The molecule has 0 saturated heterocycles. The summed E-state index contributed by atoms with van der Waals surface area (Å²) in [6, 6.07) is 16.3. The third-order valence-corrected chi connectivity index (χ3v) is 4.64. The Morgan fingerprint density at radius 2 is 1.73 bits per heavy atom. The number of hydrogen-bond acceptors (Lipinski definition) is 3. The van der Waals surface area contributed by atoms with Crippen molar-refractivity contribution in [2.45, 2.75) is 25.8 Å². The van der Waals surface area contributed by atoms with Gasteiger partial charge in [-0.3, -0.25) is 9.69 Å². The Balaban J connectivity index is 0.00000169. The lowest BCUT2D eigenvalue weighted by Gasteiger charge is -2.28. The number of hydrogen-bond donors (Lipinski definition) is 2. The Labute approximate surface area is 168 Å². The number of aryl methyl sites for hydroxylation is 1. The van der Waals surface area contributed by atoms with Crippen molar-refractivity contribution in [3.8, 4) is 0 Å². The summed E-state index contributed by atoms with van der Waals surface area (Å²) in [5.74, 6) is 0.0932. The van der Waals surface area contributed by atoms with E-state index in [2.05, 4.69) is 34.5 Å². The zero-order valence-electron chi connectivity index (χ0n) is 14.8. The average Bonchev–Trinajstić information content (AvgIpc) is 2.61. The molecule has 1 aliphatic heterocycles. The van der Waals surface area contributed by atoms with Crippen molar-refractivity contribution in [1.29, 1.82) is 0 Å². The summed E-state index contributed by atoms with van der Waals surface area (Å²) in [5.41, 5.74) is 10.6. The van der Waals surface area contributed by atoms with Crippen molar-refractivity contribution < 1.29 is 4.79 Å². The van der Waals surface area contributed by atoms with Crippen LogP contribution in [0, 0.1) is 0 Å². The van der Waals surface area contributed by atoms with Gasteiger partial charge in [-0.15, -0.1) is 24.8 Å². The molecular weight excluding hydrogens is 369 g/mol. The predicted molar refractivity (Wildman–Crippen MR) is 112 cm³/mol. The average molecular weight is 396 g/mol. The van der Waals surface area contributed by atoms with Crippen LogP contribution in [0.15, 0.2) is 48.5 Å². The molecule has 2 aromatic rings. The highest BCUT2D eigenvalue weighted by Crippen LogP contribution is 2.17. The highest BCUT2D eigenvalue weighted by molar-refractivity contribution is 5.85. The molecule has 4 nitrogen and oxygen atoms in total. The Bertz CT molecular complexity index is 709. The number of benzene rings is 2. The third kappa shape index (κ3) is 6.20. The van der Waals surface area contributed by atoms with E-state index in [4.69, 9.17) is 5.73 Å². The van der Waals surface area contributed by atoms with E-state index in [0.29, 0.717) is 19.4 Å². The fraction of sp³-hybridized carbons (Fsp3) is 0.350. The number of fused-ring (bicyclic) bond motifs is 1. The highest BCUT2D eigenvalue weighted by atomic mass is 35.5. The van der Waals surface area contributed by atoms with Crippen LogP contribution >= 0.6 is 24.8 Å². The molecule has 0 unspecified atom stereocenters. The van der Waals surface area contributed by atoms with Gasteiger partial charge in [0.25, 0.3) is 0 Å². The Hall–Kier alpha value is -1.75. The van der Waals surface area contributed by atoms with Gasteiger partial charge < -0.3 is 11.1 Å². The van der Waals surface area contributed by atoms with Gasteiger partial charge in [-0.1, -0.05) is 42.5 Å². The SMILES string of the molecule is Cl.Cl.Nc1ccccc1CCC(=O)NCCN1CCc2ccccc2C1. The molecule has 1 amide bonds. The number of amides is 1. The molecule has 26 heavy (non-hydrogen) atoms. The lowest BCUT2D eigenvalue weighted by Crippen LogP contribution is -2.37. The molecule has 2 aromatic carbocycles. The minimum absolute atomic E-state index is 0. The van der Waals surface area contributed by atoms with E-state index in [9.17, 15) is 4.79 Å². The Morgan fingerprint density at radius 3 is 2.50 bits per heavy atom. The van der Waals surface area contributed by atoms with Crippen LogP contribution in [0.1, 0.15) is 23.1 Å². The van der Waals surface area contributed by atoms with Crippen LogP contribution in [0.25, 0.3) is 0 Å². The van der Waals surface area contributed by atoms with Crippen LogP contribution in [0.2, 0.25) is 0 Å². The molecule has 6 heteroatoms. The van der Waals surface area contributed by atoms with Gasteiger partial charge in [-0.25, -0.2) is 0 Å². The van der Waals surface area contributed by atoms with E-state index in [-0.39, 0.29) is 30.7 Å². The van der Waals surface area contributed by atoms with E-state index < -0.39 is 0 Å². The number of halogens is 2. The Morgan fingerprint density at radius 1 is 1.04 bits per heavy atom. The second-order valence-corrected chi connectivity index (χ2v) is 6.34. The normalized spacial score (nSPS) is 13.1. The Kier molecular flexibility index (Phi) is 9.49. The predicted octanol–water partition coefficient (Wildman–Crippen LogP) is 3.22. The molecule has 0 spiro atoms. The zero-order chi connectivity index (χ0) is 16.8. The smallest absolute Gasteiger partial charge is 0.220 e. The highest BCUT2D eigenvalue weighted by Gasteiger charge is 2.15. The van der Waals surface area contributed by atoms with Crippen LogP contribution < -0.4 is 11.1 Å². The van der Waals surface area contributed by atoms with Crippen molar-refractivity contribution in [1.82, 2.24) is 10.2 Å². The summed E-state index contributed by atoms with van der Waals surface area (Å²) in [5, 5.41) is 3.02. The maximum absolute atomic E-state index is 12.0. The first-order chi connectivity index (χ1) is 11.7. The lowest BCUT2D eigenvalue weighted by atomic mass is 10.00. The molecule has 142 valence electrons. The number of carbonyl (C=O) groups is 1. The third-order valence-electron chi connectivity index (χ3n) is 4.64. The molecule has 0 atom stereocenters. The zero-order valence-corrected chi connectivity index (χ0v) is 16.5. The molecule has 0 aromatic heterocycles. The largest absolute Gasteiger partial charge is 0.399 e. The fourth-order valence-corrected chi connectivity index (χ4v) is 3.20. The monoisotopic (exact) mass is 395 g/mol. The van der Waals surface area contributed by atoms with Crippen LogP contribution in [0.5, 0.6) is 0 Å². The van der Waals surface area contributed by atoms with Gasteiger partial charge >= 0.3 is 0 Å². The maximum atomic E-state index is 12.0. The molecule has 1 aliphatic rings. The van der Waals surface area contributed by atoms with Gasteiger partial charge in [0.2, 0.25) is 5.91 Å². The topological polar surface area (TPSA) is 58.4 Å². The van der Waals surface area contributed by atoms with Gasteiger partial charge in [0.05, 0.1) is 0 Å². The fourth-order valence-electron chi connectivity index (χ4n) is 3.20. The summed E-state index contributed by atoms with van der Waals surface area (Å²) >= 11 is 0. The maximum Gasteiger partial charge on any atom is 0.220 e. The number of nitrogens with zero attached hydrogens (tertiary/aromatic N) is 1. The number of rotatable bonds is 6. The van der Waals surface area contributed by atoms with Crippen molar-refractivity contribution in [2.75, 3.05) is 25.4 Å². The van der Waals surface area contributed by atoms with Crippen LogP contribution in [-0.4, -0.2) is 30.4 Å². The summed E-state index contributed by atoms with van der Waals surface area (Å²) in [7, 11) is 0. The second kappa shape index (κ2) is 11.1. The molecule has 0 bridgehead atoms. The minimum atomic E-state index is 0. The number of anilines is 1. The standard InChI is InChI=1S/C20H25N3O.2ClH/c21-19-8-4-3-6-17(19)9-10-20(24)22-12-14-23-13-11-16-5-1-2-7-18(16)15-23;;/h1-8H,9-15,21H2,(H,22,24);2*1H. The number of nitrogens with two attached hydrogens (primary N) is 1. The van der Waals surface area contributed by atoms with Crippen LogP contribution in [0.3, 0.4) is 0 Å². The first-order valence-corrected chi connectivity index (χ1v) is 8.61. The van der Waals surface area contributed by atoms with Crippen molar-refractivity contribution >= 4 is 36.4 Å². The molecule has 3 N–H and O–H groups in total. The van der Waals surface area contributed by atoms with E-state index in [1.54, 1.807) is 0 Å². The minimum Gasteiger partial charge on any atom is -0.399 e. The summed E-state index contributed by atoms with van der Waals surface area (Å²) in [6.07, 6.45) is 2.27. The van der Waals surface area contributed by atoms with Gasteiger partial charge in [0.1, 0.15) is 0 Å². The van der Waals surface area contributed by atoms with Gasteiger partial charge in [-0.05, 0) is 35.6 Å². The van der Waals surface area contributed by atoms with E-state index in [1.807, 2.05) is 24.3 Å². The van der Waals surface area contributed by atoms with Crippen LogP contribution in [-0.2, 0) is 24.2 Å². The number of nitrogen functional groups attached to an aromatic ring is 1. The number of para-hydroxylation sites is 1. The first kappa shape index (κ1) is 22.3. The molecule has 0 aliphatic carbocycles. The summed E-state index contributed by atoms with van der Waals surface area (Å²) in [6.45, 7) is 3.64. The molecular formula is C20H27Cl2N3O. The molecule has 0 fully saturated rings. The van der Waals surface area contributed by atoms with Crippen molar-refractivity contribution in [2.24, 2.45) is 0 Å². The van der Waals surface area contributed by atoms with Gasteiger partial charge in [-0.2, -0.15) is 0 Å². The molecule has 3 rings (SSSR count). The lowest BCUT2D eigenvalue weighted by molar-refractivity contribution is -0.121. The summed E-state index contributed by atoms with van der Waals surface area (Å²) < 4.78 is 0. The molecule has 0 saturated carbocycles. The number of carbonyl (C=O) groups excluding carboxylic acids is 1. The van der Waals surface area contributed by atoms with E-state index in [0.717, 1.165) is 37.3 Å². The summed E-state index contributed by atoms with van der Waals surface area (Å²) in [4.78, 5) is 14.4. The molecule has 1 heterocycles. The second-order valence-electron chi connectivity index (χ2n) is 6.34. The molecule has 0 radical (unpaired) electrons. The van der Waals surface area contributed by atoms with Gasteiger partial charge in [0, 0.05) is 38.3 Å². The van der Waals surface area contributed by atoms with E-state index in [1.165, 1.54) is 11.1 Å². The first-order valence-electron chi connectivity index (χ1n) is 8.61.